The van der Waals surface area contributed by atoms with Gasteiger partial charge in [-0.2, -0.15) is 0 Å². The van der Waals surface area contributed by atoms with E-state index in [1.54, 1.807) is 20.8 Å². The number of allylic oxidation sites excluding steroid dienone is 1. The predicted molar refractivity (Wildman–Crippen MR) is 59.2 cm³/mol. The van der Waals surface area contributed by atoms with E-state index in [4.69, 9.17) is 15.2 Å². The largest absolute Gasteiger partial charge is 0.454 e. The summed E-state index contributed by atoms with van der Waals surface area (Å²) in [5.74, 6) is -0.430. The Labute approximate surface area is 91.4 Å². The number of hydrogen-bond acceptors (Lipinski definition) is 4. The lowest BCUT2D eigenvalue weighted by atomic mass is 10.1. The SMILES string of the molecule is CCCOCC(C)(C)OC(=O)/C=C(/C)N. The molecule has 15 heavy (non-hydrogen) atoms. The molecule has 0 aliphatic carbocycles. The smallest absolute Gasteiger partial charge is 0.333 e. The third-order valence-electron chi connectivity index (χ3n) is 1.52. The van der Waals surface area contributed by atoms with E-state index >= 15 is 0 Å². The van der Waals surface area contributed by atoms with E-state index in [0.717, 1.165) is 6.42 Å². The molecule has 0 aromatic heterocycles. The quantitative estimate of drug-likeness (QED) is 0.415. The summed E-state index contributed by atoms with van der Waals surface area (Å²) in [7, 11) is 0. The second kappa shape index (κ2) is 6.45. The average molecular weight is 215 g/mol. The van der Waals surface area contributed by atoms with Crippen LogP contribution in [-0.2, 0) is 14.3 Å². The summed E-state index contributed by atoms with van der Waals surface area (Å²) >= 11 is 0. The molecule has 4 nitrogen and oxygen atoms in total. The van der Waals surface area contributed by atoms with Gasteiger partial charge >= 0.3 is 5.97 Å². The van der Waals surface area contributed by atoms with Crippen LogP contribution in [0.25, 0.3) is 0 Å². The second-order valence-electron chi connectivity index (χ2n) is 4.12. The number of carbonyl (C=O) groups is 1. The molecule has 88 valence electrons. The Morgan fingerprint density at radius 3 is 2.53 bits per heavy atom. The van der Waals surface area contributed by atoms with Gasteiger partial charge in [-0.25, -0.2) is 4.79 Å². The third kappa shape index (κ3) is 8.00. The van der Waals surface area contributed by atoms with Gasteiger partial charge in [-0.3, -0.25) is 0 Å². The van der Waals surface area contributed by atoms with Gasteiger partial charge in [-0.05, 0) is 27.2 Å². The zero-order valence-electron chi connectivity index (χ0n) is 10.0. The minimum Gasteiger partial charge on any atom is -0.454 e. The molecular weight excluding hydrogens is 194 g/mol. The highest BCUT2D eigenvalue weighted by molar-refractivity contribution is 5.82. The number of hydrogen-bond donors (Lipinski definition) is 1. The van der Waals surface area contributed by atoms with Crippen molar-refractivity contribution in [3.05, 3.63) is 11.8 Å². The van der Waals surface area contributed by atoms with Crippen LogP contribution in [0.2, 0.25) is 0 Å². The van der Waals surface area contributed by atoms with Crippen molar-refractivity contribution in [3.8, 4) is 0 Å². The van der Waals surface area contributed by atoms with Gasteiger partial charge in [0, 0.05) is 18.4 Å². The van der Waals surface area contributed by atoms with Crippen LogP contribution in [0.5, 0.6) is 0 Å². The van der Waals surface area contributed by atoms with E-state index in [0.29, 0.717) is 18.9 Å². The van der Waals surface area contributed by atoms with E-state index in [1.165, 1.54) is 6.08 Å². The van der Waals surface area contributed by atoms with E-state index in [-0.39, 0.29) is 0 Å². The van der Waals surface area contributed by atoms with Gasteiger partial charge in [0.05, 0.1) is 6.61 Å². The Kier molecular flexibility index (Phi) is 6.01. The fraction of sp³-hybridized carbons (Fsp3) is 0.727. The molecule has 0 rings (SSSR count). The lowest BCUT2D eigenvalue weighted by Crippen LogP contribution is -2.33. The summed E-state index contributed by atoms with van der Waals surface area (Å²) in [6.07, 6.45) is 2.22. The molecule has 0 atom stereocenters. The first-order valence-corrected chi connectivity index (χ1v) is 5.12. The van der Waals surface area contributed by atoms with Crippen LogP contribution < -0.4 is 5.73 Å². The van der Waals surface area contributed by atoms with Crippen molar-refractivity contribution in [3.63, 3.8) is 0 Å². The Bertz CT molecular complexity index is 230. The third-order valence-corrected chi connectivity index (χ3v) is 1.52. The van der Waals surface area contributed by atoms with Crippen molar-refractivity contribution >= 4 is 5.97 Å². The van der Waals surface area contributed by atoms with Gasteiger partial charge in [0.2, 0.25) is 0 Å². The van der Waals surface area contributed by atoms with Crippen molar-refractivity contribution < 1.29 is 14.3 Å². The maximum Gasteiger partial charge on any atom is 0.333 e. The first-order valence-electron chi connectivity index (χ1n) is 5.12. The van der Waals surface area contributed by atoms with Gasteiger partial charge in [0.25, 0.3) is 0 Å². The van der Waals surface area contributed by atoms with Crippen molar-refractivity contribution in [1.29, 1.82) is 0 Å². The lowest BCUT2D eigenvalue weighted by molar-refractivity contribution is -0.155. The average Bonchev–Trinajstić information content (AvgIpc) is 2.00. The number of rotatable bonds is 6. The standard InChI is InChI=1S/C11H21NO3/c1-5-6-14-8-11(3,4)15-10(13)7-9(2)12/h7H,5-6,8,12H2,1-4H3/b9-7-. The Morgan fingerprint density at radius 1 is 1.47 bits per heavy atom. The molecule has 0 aromatic carbocycles. The molecule has 0 aliphatic heterocycles. The van der Waals surface area contributed by atoms with Crippen LogP contribution in [0, 0.1) is 0 Å². The highest BCUT2D eigenvalue weighted by Gasteiger charge is 2.22. The molecular formula is C11H21NO3. The van der Waals surface area contributed by atoms with Crippen molar-refractivity contribution in [2.75, 3.05) is 13.2 Å². The molecule has 0 fully saturated rings. The van der Waals surface area contributed by atoms with E-state index < -0.39 is 11.6 Å². The predicted octanol–water partition coefficient (Wildman–Crippen LogP) is 1.60. The topological polar surface area (TPSA) is 61.5 Å². The van der Waals surface area contributed by atoms with Crippen molar-refractivity contribution in [2.45, 2.75) is 39.7 Å². The maximum absolute atomic E-state index is 11.3. The molecule has 0 saturated heterocycles. The number of ether oxygens (including phenoxy) is 2. The molecule has 0 aromatic rings. The zero-order valence-corrected chi connectivity index (χ0v) is 10.0. The number of carbonyl (C=O) groups excluding carboxylic acids is 1. The van der Waals surface area contributed by atoms with Crippen molar-refractivity contribution in [2.24, 2.45) is 5.73 Å². The van der Waals surface area contributed by atoms with E-state index in [1.807, 2.05) is 6.92 Å². The highest BCUT2D eigenvalue weighted by Crippen LogP contribution is 2.10. The van der Waals surface area contributed by atoms with Crippen LogP contribution in [0.1, 0.15) is 34.1 Å². The Morgan fingerprint density at radius 2 is 2.07 bits per heavy atom. The fourth-order valence-corrected chi connectivity index (χ4v) is 0.979. The van der Waals surface area contributed by atoms with Gasteiger partial charge in [-0.15, -0.1) is 0 Å². The summed E-state index contributed by atoms with van der Waals surface area (Å²) in [5, 5.41) is 0. The highest BCUT2D eigenvalue weighted by atomic mass is 16.6. The molecule has 0 bridgehead atoms. The van der Waals surface area contributed by atoms with Gasteiger partial charge < -0.3 is 15.2 Å². The normalized spacial score (nSPS) is 12.7. The molecule has 0 saturated carbocycles. The van der Waals surface area contributed by atoms with Crippen LogP contribution in [0.4, 0.5) is 0 Å². The summed E-state index contributed by atoms with van der Waals surface area (Å²) in [5.41, 5.74) is 5.19. The van der Waals surface area contributed by atoms with E-state index in [2.05, 4.69) is 0 Å². The number of nitrogens with two attached hydrogens (primary N) is 1. The molecule has 0 spiro atoms. The van der Waals surface area contributed by atoms with Crippen LogP contribution in [0.15, 0.2) is 11.8 Å². The monoisotopic (exact) mass is 215 g/mol. The van der Waals surface area contributed by atoms with Gasteiger partial charge in [0.15, 0.2) is 0 Å². The minimum absolute atomic E-state index is 0.393. The summed E-state index contributed by atoms with van der Waals surface area (Å²) in [6.45, 7) is 8.35. The molecule has 0 unspecified atom stereocenters. The lowest BCUT2D eigenvalue weighted by Gasteiger charge is -2.24. The maximum atomic E-state index is 11.3. The van der Waals surface area contributed by atoms with E-state index in [9.17, 15) is 4.79 Å². The fourth-order valence-electron chi connectivity index (χ4n) is 0.979. The van der Waals surface area contributed by atoms with Crippen LogP contribution in [-0.4, -0.2) is 24.8 Å². The molecule has 0 heterocycles. The second-order valence-corrected chi connectivity index (χ2v) is 4.12. The molecule has 0 radical (unpaired) electrons. The first-order chi connectivity index (χ1) is 6.87. The molecule has 4 heteroatoms. The molecule has 0 amide bonds. The molecule has 0 aliphatic rings. The van der Waals surface area contributed by atoms with Gasteiger partial charge in [0.1, 0.15) is 5.60 Å². The molecule has 2 N–H and O–H groups in total. The van der Waals surface area contributed by atoms with Crippen LogP contribution in [0.3, 0.4) is 0 Å². The van der Waals surface area contributed by atoms with Crippen LogP contribution >= 0.6 is 0 Å². The Hall–Kier alpha value is -1.03. The van der Waals surface area contributed by atoms with Gasteiger partial charge in [-0.1, -0.05) is 6.92 Å². The Balaban J connectivity index is 4.01. The zero-order chi connectivity index (χ0) is 11.9. The minimum atomic E-state index is -0.613. The summed E-state index contributed by atoms with van der Waals surface area (Å²) in [4.78, 5) is 11.3. The summed E-state index contributed by atoms with van der Waals surface area (Å²) in [6, 6.07) is 0. The number of esters is 1. The summed E-state index contributed by atoms with van der Waals surface area (Å²) < 4.78 is 10.5. The first kappa shape index (κ1) is 14.0. The van der Waals surface area contributed by atoms with Crippen molar-refractivity contribution in [1.82, 2.24) is 0 Å².